The Balaban J connectivity index is 1.91. The number of ether oxygens (including phenoxy) is 1. The normalized spacial score (nSPS) is 15.3. The largest absolute Gasteiger partial charge is 0.377 e. The molecule has 0 aliphatic carbocycles. The van der Waals surface area contributed by atoms with Crippen molar-refractivity contribution in [3.05, 3.63) is 46.0 Å². The van der Waals surface area contributed by atoms with E-state index in [2.05, 4.69) is 70.5 Å². The fourth-order valence-corrected chi connectivity index (χ4v) is 2.77. The van der Waals surface area contributed by atoms with Crippen molar-refractivity contribution in [1.29, 1.82) is 0 Å². The second kappa shape index (κ2) is 9.73. The maximum absolute atomic E-state index is 5.34. The lowest BCUT2D eigenvalue weighted by Gasteiger charge is -2.22. The molecule has 0 radical (unpaired) electrons. The van der Waals surface area contributed by atoms with Gasteiger partial charge in [0.25, 0.3) is 0 Å². The Labute approximate surface area is 147 Å². The van der Waals surface area contributed by atoms with E-state index < -0.39 is 0 Å². The van der Waals surface area contributed by atoms with Crippen LogP contribution in [0.15, 0.2) is 45.4 Å². The van der Waals surface area contributed by atoms with Crippen molar-refractivity contribution < 1.29 is 4.74 Å². The lowest BCUT2D eigenvalue weighted by molar-refractivity contribution is 0.153. The van der Waals surface area contributed by atoms with E-state index in [0.29, 0.717) is 0 Å². The second-order valence-electron chi connectivity index (χ2n) is 5.66. The molecule has 2 rings (SSSR count). The van der Waals surface area contributed by atoms with Gasteiger partial charge in [-0.05, 0) is 37.5 Å². The van der Waals surface area contributed by atoms with Crippen LogP contribution in [0.2, 0.25) is 0 Å². The van der Waals surface area contributed by atoms with Gasteiger partial charge in [0.15, 0.2) is 5.96 Å². The van der Waals surface area contributed by atoms with Crippen LogP contribution in [0.5, 0.6) is 0 Å². The van der Waals surface area contributed by atoms with E-state index in [9.17, 15) is 0 Å². The summed E-state index contributed by atoms with van der Waals surface area (Å²) in [5, 5.41) is 3.37. The standard InChI is InChI=1S/C18H26BrN3O/c1-3-20-18(21-11-8-15-9-12-23-13-10-15)22(2)14-16-4-6-17(19)7-5-16/h4-7,9H,3,8,10-14H2,1-2H3,(H,20,21). The zero-order valence-electron chi connectivity index (χ0n) is 14.0. The minimum atomic E-state index is 0.753. The molecule has 0 atom stereocenters. The van der Waals surface area contributed by atoms with Gasteiger partial charge in [0.1, 0.15) is 0 Å². The highest BCUT2D eigenvalue weighted by Gasteiger charge is 2.07. The van der Waals surface area contributed by atoms with Crippen molar-refractivity contribution in [1.82, 2.24) is 10.2 Å². The first-order chi connectivity index (χ1) is 11.2. The van der Waals surface area contributed by atoms with E-state index in [1.165, 1.54) is 11.1 Å². The average molecular weight is 380 g/mol. The maximum atomic E-state index is 5.34. The summed E-state index contributed by atoms with van der Waals surface area (Å²) >= 11 is 3.47. The molecular weight excluding hydrogens is 354 g/mol. The summed E-state index contributed by atoms with van der Waals surface area (Å²) in [7, 11) is 2.08. The van der Waals surface area contributed by atoms with Gasteiger partial charge < -0.3 is 15.0 Å². The molecule has 23 heavy (non-hydrogen) atoms. The molecule has 1 aliphatic rings. The lowest BCUT2D eigenvalue weighted by Crippen LogP contribution is -2.38. The van der Waals surface area contributed by atoms with Gasteiger partial charge in [0.05, 0.1) is 13.2 Å². The number of rotatable bonds is 6. The average Bonchev–Trinajstić information content (AvgIpc) is 2.57. The number of hydrogen-bond acceptors (Lipinski definition) is 2. The van der Waals surface area contributed by atoms with E-state index in [1.807, 2.05) is 0 Å². The molecule has 1 aliphatic heterocycles. The van der Waals surface area contributed by atoms with Gasteiger partial charge in [0.2, 0.25) is 0 Å². The Morgan fingerprint density at radius 1 is 1.35 bits per heavy atom. The third-order valence-electron chi connectivity index (χ3n) is 3.78. The van der Waals surface area contributed by atoms with Gasteiger partial charge >= 0.3 is 0 Å². The van der Waals surface area contributed by atoms with Crippen LogP contribution in [0.3, 0.4) is 0 Å². The number of halogens is 1. The molecule has 0 spiro atoms. The van der Waals surface area contributed by atoms with E-state index >= 15 is 0 Å². The SMILES string of the molecule is CCNC(=NCCC1=CCOCC1)N(C)Cc1ccc(Br)cc1. The Morgan fingerprint density at radius 3 is 2.78 bits per heavy atom. The van der Waals surface area contributed by atoms with Crippen molar-refractivity contribution in [2.24, 2.45) is 4.99 Å². The zero-order valence-corrected chi connectivity index (χ0v) is 15.6. The van der Waals surface area contributed by atoms with E-state index in [-0.39, 0.29) is 0 Å². The van der Waals surface area contributed by atoms with Gasteiger partial charge in [0, 0.05) is 31.2 Å². The summed E-state index contributed by atoms with van der Waals surface area (Å²) in [6.45, 7) is 6.24. The summed E-state index contributed by atoms with van der Waals surface area (Å²) in [6, 6.07) is 8.42. The molecule has 1 aromatic carbocycles. The summed E-state index contributed by atoms with van der Waals surface area (Å²) < 4.78 is 6.45. The monoisotopic (exact) mass is 379 g/mol. The van der Waals surface area contributed by atoms with Crippen LogP contribution >= 0.6 is 15.9 Å². The number of aliphatic imine (C=N–C) groups is 1. The van der Waals surface area contributed by atoms with Gasteiger partial charge in [-0.1, -0.05) is 39.7 Å². The van der Waals surface area contributed by atoms with E-state index in [0.717, 1.165) is 56.1 Å². The Bertz CT molecular complexity index is 540. The first-order valence-corrected chi connectivity index (χ1v) is 8.98. The third kappa shape index (κ3) is 6.36. The number of nitrogens with zero attached hydrogens (tertiary/aromatic N) is 2. The molecule has 1 aromatic rings. The summed E-state index contributed by atoms with van der Waals surface area (Å²) in [5.41, 5.74) is 2.74. The maximum Gasteiger partial charge on any atom is 0.193 e. The first-order valence-electron chi connectivity index (χ1n) is 8.18. The van der Waals surface area contributed by atoms with Crippen LogP contribution in [-0.2, 0) is 11.3 Å². The highest BCUT2D eigenvalue weighted by molar-refractivity contribution is 9.10. The number of guanidine groups is 1. The van der Waals surface area contributed by atoms with Crippen LogP contribution in [0.4, 0.5) is 0 Å². The van der Waals surface area contributed by atoms with Crippen molar-refractivity contribution in [3.8, 4) is 0 Å². The number of benzene rings is 1. The van der Waals surface area contributed by atoms with E-state index in [4.69, 9.17) is 9.73 Å². The molecule has 5 heteroatoms. The third-order valence-corrected chi connectivity index (χ3v) is 4.31. The van der Waals surface area contributed by atoms with E-state index in [1.54, 1.807) is 0 Å². The fraction of sp³-hybridized carbons (Fsp3) is 0.500. The van der Waals surface area contributed by atoms with Crippen LogP contribution in [0.1, 0.15) is 25.3 Å². The number of nitrogens with one attached hydrogen (secondary N) is 1. The predicted octanol–water partition coefficient (Wildman–Crippen LogP) is 3.58. The summed E-state index contributed by atoms with van der Waals surface area (Å²) in [4.78, 5) is 6.93. The molecule has 0 saturated carbocycles. The molecule has 0 bridgehead atoms. The quantitative estimate of drug-likeness (QED) is 0.466. The molecule has 0 fully saturated rings. The minimum Gasteiger partial charge on any atom is -0.377 e. The molecule has 126 valence electrons. The van der Waals surface area contributed by atoms with Crippen molar-refractivity contribution >= 4 is 21.9 Å². The summed E-state index contributed by atoms with van der Waals surface area (Å²) in [5.74, 6) is 0.961. The Morgan fingerprint density at radius 2 is 2.13 bits per heavy atom. The highest BCUT2D eigenvalue weighted by atomic mass is 79.9. The van der Waals surface area contributed by atoms with Crippen molar-refractivity contribution in [2.75, 3.05) is 33.4 Å². The fourth-order valence-electron chi connectivity index (χ4n) is 2.51. The molecule has 0 saturated heterocycles. The van der Waals surface area contributed by atoms with Crippen molar-refractivity contribution in [2.45, 2.75) is 26.3 Å². The number of hydrogen-bond donors (Lipinski definition) is 1. The molecular formula is C18H26BrN3O. The topological polar surface area (TPSA) is 36.9 Å². The Kier molecular flexibility index (Phi) is 7.62. The van der Waals surface area contributed by atoms with Gasteiger partial charge in [-0.2, -0.15) is 0 Å². The molecule has 4 nitrogen and oxygen atoms in total. The minimum absolute atomic E-state index is 0.753. The van der Waals surface area contributed by atoms with Crippen LogP contribution in [0.25, 0.3) is 0 Å². The van der Waals surface area contributed by atoms with Crippen LogP contribution < -0.4 is 5.32 Å². The summed E-state index contributed by atoms with van der Waals surface area (Å²) in [6.07, 6.45) is 4.25. The van der Waals surface area contributed by atoms with Crippen LogP contribution in [0, 0.1) is 0 Å². The smallest absolute Gasteiger partial charge is 0.193 e. The lowest BCUT2D eigenvalue weighted by atomic mass is 10.1. The predicted molar refractivity (Wildman–Crippen MR) is 99.7 cm³/mol. The first kappa shape index (κ1) is 18.0. The molecule has 0 unspecified atom stereocenters. The molecule has 1 heterocycles. The molecule has 0 amide bonds. The highest BCUT2D eigenvalue weighted by Crippen LogP contribution is 2.13. The van der Waals surface area contributed by atoms with Gasteiger partial charge in [-0.15, -0.1) is 0 Å². The second-order valence-corrected chi connectivity index (χ2v) is 6.57. The molecule has 0 aromatic heterocycles. The van der Waals surface area contributed by atoms with Crippen LogP contribution in [-0.4, -0.2) is 44.2 Å². The van der Waals surface area contributed by atoms with Gasteiger partial charge in [-0.3, -0.25) is 4.99 Å². The van der Waals surface area contributed by atoms with Gasteiger partial charge in [-0.25, -0.2) is 0 Å². The Hall–Kier alpha value is -1.33. The van der Waals surface area contributed by atoms with Crippen molar-refractivity contribution in [3.63, 3.8) is 0 Å². The zero-order chi connectivity index (χ0) is 16.5. The molecule has 1 N–H and O–H groups in total.